The summed E-state index contributed by atoms with van der Waals surface area (Å²) in [6.45, 7) is 0.289. The summed E-state index contributed by atoms with van der Waals surface area (Å²) < 4.78 is 35.5. The number of methoxy groups -OCH3 is 2. The normalized spacial score (nSPS) is 19.6. The molecule has 3 aromatic rings. The van der Waals surface area contributed by atoms with Gasteiger partial charge in [0.05, 0.1) is 6.61 Å². The fraction of sp³-hybridized carbons (Fsp3) is 0.379. The highest BCUT2D eigenvalue weighted by atomic mass is 31.1. The molecule has 0 aliphatic heterocycles. The summed E-state index contributed by atoms with van der Waals surface area (Å²) in [5, 5.41) is 0. The van der Waals surface area contributed by atoms with Gasteiger partial charge in [0.1, 0.15) is 5.60 Å². The first-order valence-corrected chi connectivity index (χ1v) is 13.6. The van der Waals surface area contributed by atoms with Gasteiger partial charge < -0.3 is 23.6 Å². The highest BCUT2D eigenvalue weighted by Gasteiger charge is 2.51. The molecule has 0 amide bonds. The van der Waals surface area contributed by atoms with Crippen molar-refractivity contribution in [2.24, 2.45) is 11.8 Å². The van der Waals surface area contributed by atoms with Crippen LogP contribution < -0.4 is 0 Å². The van der Waals surface area contributed by atoms with E-state index in [0.29, 0.717) is 0 Å². The number of rotatable bonds is 11. The van der Waals surface area contributed by atoms with Crippen LogP contribution in [0.3, 0.4) is 0 Å². The molecule has 1 atom stereocenters. The molecule has 1 saturated carbocycles. The lowest BCUT2D eigenvalue weighted by Crippen LogP contribution is -2.52. The number of ether oxygens (including phenoxy) is 3. The van der Waals surface area contributed by atoms with Crippen LogP contribution in [0.5, 0.6) is 0 Å². The standard InChI is InChI=1S/C29H35O6P/c1-32-29(33-2,27-20-18-23(19-21-27)22-34-36(30)31)35-28(24-12-6-3-7-13-24,25-14-8-4-9-15-25)26-16-10-5-11-17-26/h3-17,23,27,36H,18-22H2,1-2H3,(H,30,31). The van der Waals surface area contributed by atoms with Crippen LogP contribution in [0.2, 0.25) is 0 Å². The Hall–Kier alpha value is -2.31. The summed E-state index contributed by atoms with van der Waals surface area (Å²) in [5.41, 5.74) is 1.91. The van der Waals surface area contributed by atoms with E-state index in [-0.39, 0.29) is 18.4 Å². The molecular weight excluding hydrogens is 475 g/mol. The first-order chi connectivity index (χ1) is 17.5. The fourth-order valence-corrected chi connectivity index (χ4v) is 5.74. The van der Waals surface area contributed by atoms with Gasteiger partial charge in [-0.3, -0.25) is 4.57 Å². The van der Waals surface area contributed by atoms with E-state index in [1.807, 2.05) is 54.6 Å². The van der Waals surface area contributed by atoms with Crippen molar-refractivity contribution in [3.63, 3.8) is 0 Å². The molecule has 1 fully saturated rings. The zero-order chi connectivity index (χ0) is 25.4. The molecule has 1 aliphatic rings. The van der Waals surface area contributed by atoms with Crippen LogP contribution in [0.1, 0.15) is 42.4 Å². The quantitative estimate of drug-likeness (QED) is 0.190. The van der Waals surface area contributed by atoms with E-state index in [0.717, 1.165) is 42.4 Å². The van der Waals surface area contributed by atoms with E-state index >= 15 is 0 Å². The van der Waals surface area contributed by atoms with Crippen molar-refractivity contribution in [1.29, 1.82) is 0 Å². The van der Waals surface area contributed by atoms with E-state index in [2.05, 4.69) is 36.4 Å². The van der Waals surface area contributed by atoms with Gasteiger partial charge in [0.25, 0.3) is 5.97 Å². The van der Waals surface area contributed by atoms with E-state index in [4.69, 9.17) is 23.6 Å². The maximum atomic E-state index is 11.0. The number of hydrogen-bond acceptors (Lipinski definition) is 5. The van der Waals surface area contributed by atoms with Crippen molar-refractivity contribution in [2.45, 2.75) is 37.3 Å². The molecule has 0 aromatic heterocycles. The summed E-state index contributed by atoms with van der Waals surface area (Å²) >= 11 is 0. The molecule has 0 heterocycles. The highest BCUT2D eigenvalue weighted by molar-refractivity contribution is 7.32. The largest absolute Gasteiger partial charge is 0.331 e. The molecule has 0 bridgehead atoms. The minimum absolute atomic E-state index is 0.0505. The van der Waals surface area contributed by atoms with Crippen LogP contribution in [0, 0.1) is 11.8 Å². The zero-order valence-electron chi connectivity index (χ0n) is 20.8. The molecule has 192 valence electrons. The Morgan fingerprint density at radius 3 is 1.53 bits per heavy atom. The maximum absolute atomic E-state index is 11.0. The van der Waals surface area contributed by atoms with Crippen LogP contribution in [0.15, 0.2) is 91.0 Å². The van der Waals surface area contributed by atoms with Crippen molar-refractivity contribution >= 4 is 8.25 Å². The van der Waals surface area contributed by atoms with Gasteiger partial charge in [-0.05, 0) is 48.3 Å². The molecule has 0 spiro atoms. The second-order valence-corrected chi connectivity index (χ2v) is 10.0. The van der Waals surface area contributed by atoms with Gasteiger partial charge in [-0.25, -0.2) is 0 Å². The third kappa shape index (κ3) is 5.65. The second-order valence-electron chi connectivity index (χ2n) is 9.19. The third-order valence-electron chi connectivity index (χ3n) is 7.19. The maximum Gasteiger partial charge on any atom is 0.316 e. The topological polar surface area (TPSA) is 74.2 Å². The third-order valence-corrected chi connectivity index (χ3v) is 7.61. The van der Waals surface area contributed by atoms with Gasteiger partial charge in [-0.15, -0.1) is 0 Å². The van der Waals surface area contributed by atoms with E-state index in [1.54, 1.807) is 14.2 Å². The molecule has 1 unspecified atom stereocenters. The molecule has 7 heteroatoms. The Morgan fingerprint density at radius 1 is 0.750 bits per heavy atom. The van der Waals surface area contributed by atoms with Gasteiger partial charge in [0.15, 0.2) is 0 Å². The number of hydrogen-bond donors (Lipinski definition) is 1. The monoisotopic (exact) mass is 510 g/mol. The summed E-state index contributed by atoms with van der Waals surface area (Å²) in [6, 6.07) is 30.5. The van der Waals surface area contributed by atoms with Crippen molar-refractivity contribution in [3.8, 4) is 0 Å². The van der Waals surface area contributed by atoms with Crippen molar-refractivity contribution in [3.05, 3.63) is 108 Å². The van der Waals surface area contributed by atoms with E-state index < -0.39 is 19.8 Å². The fourth-order valence-electron chi connectivity index (χ4n) is 5.36. The van der Waals surface area contributed by atoms with Crippen molar-refractivity contribution < 1.29 is 28.2 Å². The molecule has 4 rings (SSSR count). The Morgan fingerprint density at radius 2 is 1.17 bits per heavy atom. The Labute approximate surface area is 214 Å². The predicted octanol–water partition coefficient (Wildman–Crippen LogP) is 6.15. The SMILES string of the molecule is COC(OC)(OC(c1ccccc1)(c1ccccc1)c1ccccc1)C1CCC(CO[PH](=O)O)CC1. The Bertz CT molecular complexity index is 984. The summed E-state index contributed by atoms with van der Waals surface area (Å²) in [4.78, 5) is 9.06. The average molecular weight is 511 g/mol. The lowest BCUT2D eigenvalue weighted by Gasteiger charge is -2.47. The van der Waals surface area contributed by atoms with Crippen molar-refractivity contribution in [1.82, 2.24) is 0 Å². The van der Waals surface area contributed by atoms with Crippen LogP contribution in [-0.2, 0) is 28.9 Å². The summed E-state index contributed by atoms with van der Waals surface area (Å²) in [7, 11) is 0.332. The Balaban J connectivity index is 1.77. The highest BCUT2D eigenvalue weighted by Crippen LogP contribution is 2.48. The smallest absolute Gasteiger partial charge is 0.316 e. The van der Waals surface area contributed by atoms with E-state index in [9.17, 15) is 4.57 Å². The van der Waals surface area contributed by atoms with Gasteiger partial charge in [0.2, 0.25) is 0 Å². The van der Waals surface area contributed by atoms with Gasteiger partial charge >= 0.3 is 8.25 Å². The van der Waals surface area contributed by atoms with Gasteiger partial charge in [-0.1, -0.05) is 91.0 Å². The zero-order valence-corrected chi connectivity index (χ0v) is 21.8. The lowest BCUT2D eigenvalue weighted by atomic mass is 9.78. The molecule has 1 aliphatic carbocycles. The first kappa shape index (κ1) is 26.7. The summed E-state index contributed by atoms with van der Waals surface area (Å²) in [6.07, 6.45) is 3.20. The van der Waals surface area contributed by atoms with Crippen LogP contribution in [0.4, 0.5) is 0 Å². The molecule has 0 radical (unpaired) electrons. The minimum atomic E-state index is -2.92. The van der Waals surface area contributed by atoms with Crippen molar-refractivity contribution in [2.75, 3.05) is 20.8 Å². The molecule has 3 aromatic carbocycles. The molecule has 0 saturated heterocycles. The molecular formula is C29H35O6P. The average Bonchev–Trinajstić information content (AvgIpc) is 2.95. The predicted molar refractivity (Wildman–Crippen MR) is 140 cm³/mol. The lowest BCUT2D eigenvalue weighted by molar-refractivity contribution is -0.414. The van der Waals surface area contributed by atoms with Gasteiger partial charge in [0, 0.05) is 20.1 Å². The van der Waals surface area contributed by atoms with Crippen LogP contribution >= 0.6 is 8.25 Å². The summed E-state index contributed by atoms with van der Waals surface area (Å²) in [5.74, 6) is -1.15. The van der Waals surface area contributed by atoms with E-state index in [1.165, 1.54) is 0 Å². The first-order valence-electron chi connectivity index (χ1n) is 12.4. The molecule has 1 N–H and O–H groups in total. The van der Waals surface area contributed by atoms with Gasteiger partial charge in [-0.2, -0.15) is 0 Å². The molecule has 36 heavy (non-hydrogen) atoms. The van der Waals surface area contributed by atoms with Crippen LogP contribution in [-0.4, -0.2) is 31.7 Å². The second kappa shape index (κ2) is 12.3. The minimum Gasteiger partial charge on any atom is -0.331 e. The number of benzene rings is 3. The molecule has 6 nitrogen and oxygen atoms in total. The van der Waals surface area contributed by atoms with Crippen LogP contribution in [0.25, 0.3) is 0 Å². The Kier molecular flexibility index (Phi) is 9.13.